The molecule has 0 bridgehead atoms. The number of aromatic nitrogens is 1. The first kappa shape index (κ1) is 17.0. The molecule has 0 N–H and O–H groups in total. The van der Waals surface area contributed by atoms with Crippen LogP contribution in [0.5, 0.6) is 0 Å². The molecule has 8 heteroatoms. The third-order valence-electron chi connectivity index (χ3n) is 3.22. The van der Waals surface area contributed by atoms with Crippen molar-refractivity contribution in [2.45, 2.75) is 18.0 Å². The monoisotopic (exact) mass is 340 g/mol. The summed E-state index contributed by atoms with van der Waals surface area (Å²) >= 11 is 0. The second-order valence-corrected chi connectivity index (χ2v) is 6.91. The summed E-state index contributed by atoms with van der Waals surface area (Å²) in [6.07, 6.45) is -3.19. The van der Waals surface area contributed by atoms with Gasteiger partial charge in [-0.25, -0.2) is 13.4 Å². The Bertz CT molecular complexity index is 867. The normalized spacial score (nSPS) is 12.0. The van der Waals surface area contributed by atoms with Gasteiger partial charge in [-0.2, -0.15) is 18.4 Å². The largest absolute Gasteiger partial charge is 0.416 e. The zero-order valence-electron chi connectivity index (χ0n) is 11.9. The van der Waals surface area contributed by atoms with E-state index >= 15 is 0 Å². The number of rotatable bonds is 3. The Balaban J connectivity index is 2.54. The highest BCUT2D eigenvalue weighted by Crippen LogP contribution is 2.31. The fraction of sp³-hybridized carbons (Fsp3) is 0.200. The maximum atomic E-state index is 12.6. The highest BCUT2D eigenvalue weighted by Gasteiger charge is 2.30. The smallest absolute Gasteiger partial charge is 0.244 e. The lowest BCUT2D eigenvalue weighted by atomic mass is 10.1. The van der Waals surface area contributed by atoms with E-state index in [2.05, 4.69) is 4.98 Å². The molecule has 1 aromatic heterocycles. The number of pyridine rings is 1. The molecule has 0 aliphatic heterocycles. The van der Waals surface area contributed by atoms with Crippen molar-refractivity contribution in [2.24, 2.45) is 0 Å². The Morgan fingerprint density at radius 1 is 1.17 bits per heavy atom. The van der Waals surface area contributed by atoms with Crippen molar-refractivity contribution in [2.75, 3.05) is 5.75 Å². The topological polar surface area (TPSA) is 70.8 Å². The standard InChI is InChI=1S/C15H11F3N2O2S/c1-2-23(21,22)14-7-11(9-20-13(14)8-19)10-3-5-12(6-4-10)15(16,17)18/h3-7,9H,2H2,1H3. The van der Waals surface area contributed by atoms with Crippen molar-refractivity contribution in [3.8, 4) is 17.2 Å². The molecule has 0 radical (unpaired) electrons. The lowest BCUT2D eigenvalue weighted by molar-refractivity contribution is -0.137. The van der Waals surface area contributed by atoms with Crippen molar-refractivity contribution in [1.82, 2.24) is 4.98 Å². The molecule has 2 aromatic rings. The summed E-state index contributed by atoms with van der Waals surface area (Å²) in [5.41, 5.74) is -0.334. The van der Waals surface area contributed by atoms with Gasteiger partial charge in [0.25, 0.3) is 0 Å². The minimum Gasteiger partial charge on any atom is -0.244 e. The summed E-state index contributed by atoms with van der Waals surface area (Å²) in [5.74, 6) is -0.209. The summed E-state index contributed by atoms with van der Waals surface area (Å²) in [5, 5.41) is 8.96. The Hall–Kier alpha value is -2.40. The van der Waals surface area contributed by atoms with Crippen molar-refractivity contribution < 1.29 is 21.6 Å². The van der Waals surface area contributed by atoms with Crippen LogP contribution in [0.2, 0.25) is 0 Å². The molecule has 0 aliphatic rings. The number of nitriles is 1. The maximum absolute atomic E-state index is 12.6. The molecule has 0 amide bonds. The van der Waals surface area contributed by atoms with E-state index in [0.717, 1.165) is 12.1 Å². The van der Waals surface area contributed by atoms with Crippen molar-refractivity contribution >= 4 is 9.84 Å². The fourth-order valence-corrected chi connectivity index (χ4v) is 2.94. The molecule has 2 rings (SSSR count). The molecular weight excluding hydrogens is 329 g/mol. The van der Waals surface area contributed by atoms with Crippen molar-refractivity contribution in [3.63, 3.8) is 0 Å². The van der Waals surface area contributed by atoms with Crippen molar-refractivity contribution in [3.05, 3.63) is 47.8 Å². The van der Waals surface area contributed by atoms with E-state index in [1.54, 1.807) is 6.07 Å². The van der Waals surface area contributed by atoms with Gasteiger partial charge in [0.15, 0.2) is 15.5 Å². The minimum absolute atomic E-state index is 0.209. The van der Waals surface area contributed by atoms with Gasteiger partial charge in [0.1, 0.15) is 11.0 Å². The number of sulfone groups is 1. The van der Waals surface area contributed by atoms with E-state index in [1.807, 2.05) is 0 Å². The molecule has 0 saturated heterocycles. The van der Waals surface area contributed by atoms with Gasteiger partial charge < -0.3 is 0 Å². The van der Waals surface area contributed by atoms with Crippen LogP contribution in [0.15, 0.2) is 41.4 Å². The summed E-state index contributed by atoms with van der Waals surface area (Å²) in [6.45, 7) is 1.43. The second kappa shape index (κ2) is 6.01. The molecule has 23 heavy (non-hydrogen) atoms. The van der Waals surface area contributed by atoms with Gasteiger partial charge in [-0.3, -0.25) is 0 Å². The minimum atomic E-state index is -4.45. The third-order valence-corrected chi connectivity index (χ3v) is 4.96. The van der Waals surface area contributed by atoms with E-state index in [9.17, 15) is 21.6 Å². The Morgan fingerprint density at radius 3 is 2.26 bits per heavy atom. The highest BCUT2D eigenvalue weighted by atomic mass is 32.2. The maximum Gasteiger partial charge on any atom is 0.416 e. The lowest BCUT2D eigenvalue weighted by Crippen LogP contribution is -2.08. The molecule has 0 atom stereocenters. The predicted octanol–water partition coefficient (Wildman–Crippen LogP) is 3.43. The van der Waals surface area contributed by atoms with Gasteiger partial charge in [0.05, 0.1) is 11.3 Å². The van der Waals surface area contributed by atoms with Crippen LogP contribution in [-0.2, 0) is 16.0 Å². The number of alkyl halides is 3. The third kappa shape index (κ3) is 3.51. The van der Waals surface area contributed by atoms with Gasteiger partial charge >= 0.3 is 6.18 Å². The van der Waals surface area contributed by atoms with Crippen LogP contribution in [-0.4, -0.2) is 19.2 Å². The van der Waals surface area contributed by atoms with Crippen LogP contribution in [0.25, 0.3) is 11.1 Å². The zero-order valence-corrected chi connectivity index (χ0v) is 12.7. The molecule has 1 heterocycles. The SMILES string of the molecule is CCS(=O)(=O)c1cc(-c2ccc(C(F)(F)F)cc2)cnc1C#N. The predicted molar refractivity (Wildman–Crippen MR) is 77.1 cm³/mol. The number of hydrogen-bond donors (Lipinski definition) is 0. The van der Waals surface area contributed by atoms with E-state index < -0.39 is 21.6 Å². The van der Waals surface area contributed by atoms with Crippen LogP contribution in [0.1, 0.15) is 18.2 Å². The van der Waals surface area contributed by atoms with Crippen LogP contribution in [0.4, 0.5) is 13.2 Å². The number of benzene rings is 1. The second-order valence-electron chi connectivity index (χ2n) is 4.66. The first-order chi connectivity index (χ1) is 10.7. The molecule has 0 spiro atoms. The Morgan fingerprint density at radius 2 is 1.78 bits per heavy atom. The van der Waals surface area contributed by atoms with E-state index in [0.29, 0.717) is 11.1 Å². The first-order valence-electron chi connectivity index (χ1n) is 6.49. The molecule has 0 fully saturated rings. The molecule has 120 valence electrons. The zero-order chi connectivity index (χ0) is 17.3. The molecule has 0 unspecified atom stereocenters. The van der Waals surface area contributed by atoms with Crippen molar-refractivity contribution in [1.29, 1.82) is 5.26 Å². The number of nitrogens with zero attached hydrogens (tertiary/aromatic N) is 2. The average Bonchev–Trinajstić information content (AvgIpc) is 2.53. The van der Waals surface area contributed by atoms with Gasteiger partial charge in [0.2, 0.25) is 0 Å². The van der Waals surface area contributed by atoms with Crippen LogP contribution >= 0.6 is 0 Å². The fourth-order valence-electron chi connectivity index (χ4n) is 1.93. The summed E-state index contributed by atoms with van der Waals surface area (Å²) in [4.78, 5) is 3.57. The molecule has 4 nitrogen and oxygen atoms in total. The molecule has 0 aliphatic carbocycles. The molecular formula is C15H11F3N2O2S. The van der Waals surface area contributed by atoms with Gasteiger partial charge in [-0.1, -0.05) is 19.1 Å². The van der Waals surface area contributed by atoms with E-state index in [4.69, 9.17) is 5.26 Å². The number of halogens is 3. The van der Waals surface area contributed by atoms with E-state index in [1.165, 1.54) is 31.3 Å². The summed E-state index contributed by atoms with van der Waals surface area (Å²) in [7, 11) is -3.67. The van der Waals surface area contributed by atoms with Gasteiger partial charge in [-0.05, 0) is 23.8 Å². The van der Waals surface area contributed by atoms with Gasteiger partial charge in [-0.15, -0.1) is 0 Å². The summed E-state index contributed by atoms with van der Waals surface area (Å²) in [6, 6.07) is 7.23. The quantitative estimate of drug-likeness (QED) is 0.858. The van der Waals surface area contributed by atoms with Gasteiger partial charge in [0, 0.05) is 11.8 Å². The number of hydrogen-bond acceptors (Lipinski definition) is 4. The molecule has 1 aromatic carbocycles. The first-order valence-corrected chi connectivity index (χ1v) is 8.15. The Kier molecular flexibility index (Phi) is 4.43. The van der Waals surface area contributed by atoms with Crippen LogP contribution < -0.4 is 0 Å². The van der Waals surface area contributed by atoms with Crippen LogP contribution in [0, 0.1) is 11.3 Å². The Labute approximate surface area is 131 Å². The highest BCUT2D eigenvalue weighted by molar-refractivity contribution is 7.91. The average molecular weight is 340 g/mol. The molecule has 0 saturated carbocycles. The lowest BCUT2D eigenvalue weighted by Gasteiger charge is -2.09. The van der Waals surface area contributed by atoms with Crippen LogP contribution in [0.3, 0.4) is 0 Å². The van der Waals surface area contributed by atoms with E-state index in [-0.39, 0.29) is 16.3 Å². The summed E-state index contributed by atoms with van der Waals surface area (Å²) < 4.78 is 61.7.